The minimum Gasteiger partial charge on any atom is -0.468 e. The van der Waals surface area contributed by atoms with Crippen LogP contribution in [-0.4, -0.2) is 84.8 Å². The van der Waals surface area contributed by atoms with Gasteiger partial charge in [0.25, 0.3) is 0 Å². The Morgan fingerprint density at radius 2 is 1.60 bits per heavy atom. The van der Waals surface area contributed by atoms with Gasteiger partial charge in [-0.2, -0.15) is 9.97 Å². The molecule has 2 aliphatic heterocycles. The van der Waals surface area contributed by atoms with Gasteiger partial charge in [0.15, 0.2) is 12.6 Å². The number of pyridine rings is 1. The van der Waals surface area contributed by atoms with Crippen molar-refractivity contribution in [1.82, 2.24) is 19.9 Å². The molecule has 2 saturated heterocycles. The number of rotatable bonds is 10. The Hall–Kier alpha value is -4.54. The number of halogens is 2. The molecule has 1 amide bonds. The van der Waals surface area contributed by atoms with Gasteiger partial charge in [0, 0.05) is 37.3 Å². The third kappa shape index (κ3) is 8.51. The Kier molecular flexibility index (Phi) is 12.7. The van der Waals surface area contributed by atoms with Crippen LogP contribution in [0.3, 0.4) is 0 Å². The Balaban J connectivity index is 1.40. The second-order valence-electron chi connectivity index (χ2n) is 18.8. The quantitative estimate of drug-likeness (QED) is 0.0878. The number of fused-ring (bicyclic) bond motifs is 4. The number of piperazine rings is 1. The maximum atomic E-state index is 17.7. The fourth-order valence-corrected chi connectivity index (χ4v) is 15.3. The Labute approximate surface area is 354 Å². The van der Waals surface area contributed by atoms with Gasteiger partial charge in [0.1, 0.15) is 48.4 Å². The van der Waals surface area contributed by atoms with Crippen LogP contribution < -0.4 is 14.4 Å². The number of amides is 1. The average Bonchev–Trinajstić information content (AvgIpc) is 3.46. The van der Waals surface area contributed by atoms with Gasteiger partial charge >= 0.3 is 12.1 Å². The highest BCUT2D eigenvalue weighted by Gasteiger charge is 2.45. The topological polar surface area (TPSA) is 99.1 Å². The molecule has 3 aliphatic rings. The zero-order valence-electron chi connectivity index (χ0n) is 37.0. The summed E-state index contributed by atoms with van der Waals surface area (Å²) in [6.07, 6.45) is 7.77. The van der Waals surface area contributed by atoms with E-state index in [2.05, 4.69) is 57.9 Å². The number of hydrogen-bond donors (Lipinski definition) is 0. The summed E-state index contributed by atoms with van der Waals surface area (Å²) >= 11 is 0. The highest BCUT2D eigenvalue weighted by atomic mass is 28.3. The van der Waals surface area contributed by atoms with Crippen LogP contribution in [0.25, 0.3) is 32.9 Å². The summed E-state index contributed by atoms with van der Waals surface area (Å²) in [7, 11) is -0.766. The minimum atomic E-state index is -2.29. The van der Waals surface area contributed by atoms with Crippen LogP contribution in [0, 0.1) is 23.1 Å². The van der Waals surface area contributed by atoms with Crippen LogP contribution >= 0.6 is 0 Å². The lowest BCUT2D eigenvalue weighted by atomic mass is 9.95. The zero-order valence-corrected chi connectivity index (χ0v) is 38.0. The van der Waals surface area contributed by atoms with Crippen molar-refractivity contribution in [3.05, 3.63) is 47.7 Å². The van der Waals surface area contributed by atoms with E-state index in [1.807, 2.05) is 25.7 Å². The molecule has 2 unspecified atom stereocenters. The molecule has 4 aromatic rings. The highest BCUT2D eigenvalue weighted by Crippen LogP contribution is 2.43. The first-order valence-electron chi connectivity index (χ1n) is 21.7. The van der Waals surface area contributed by atoms with E-state index in [9.17, 15) is 4.79 Å². The SMILES string of the molecule is COCOc1cc(-c2ncc3c(N4CC5CCC(C4)N5C(=O)OC(C)(C)C)nc(OC4CCCCC4)nc3c2F)c2c(C#C[Si](C(C)C)(C(C)C)C(C)C)c(F)ccc2c1. The van der Waals surface area contributed by atoms with Crippen LogP contribution in [0.1, 0.15) is 113 Å². The lowest BCUT2D eigenvalue weighted by Crippen LogP contribution is -2.57. The van der Waals surface area contributed by atoms with Crippen LogP contribution in [0.4, 0.5) is 19.4 Å². The Morgan fingerprint density at radius 3 is 2.22 bits per heavy atom. The maximum absolute atomic E-state index is 17.7. The smallest absolute Gasteiger partial charge is 0.410 e. The Bertz CT molecular complexity index is 2260. The lowest BCUT2D eigenvalue weighted by Gasteiger charge is -2.42. The second kappa shape index (κ2) is 17.4. The summed E-state index contributed by atoms with van der Waals surface area (Å²) in [6.45, 7) is 19.8. The zero-order chi connectivity index (χ0) is 43.1. The van der Waals surface area contributed by atoms with E-state index in [0.717, 1.165) is 44.9 Å². The molecule has 2 bridgehead atoms. The number of carbonyl (C=O) groups is 1. The number of nitrogens with zero attached hydrogens (tertiary/aromatic N) is 5. The van der Waals surface area contributed by atoms with Crippen LogP contribution in [0.15, 0.2) is 30.5 Å². The summed E-state index contributed by atoms with van der Waals surface area (Å²) in [6, 6.07) is 6.42. The molecule has 2 aromatic carbocycles. The summed E-state index contributed by atoms with van der Waals surface area (Å²) in [5, 5.41) is 1.49. The number of benzene rings is 2. The number of ether oxygens (including phenoxy) is 4. The van der Waals surface area contributed by atoms with Crippen molar-refractivity contribution in [3.63, 3.8) is 0 Å². The van der Waals surface area contributed by atoms with E-state index in [1.165, 1.54) is 13.2 Å². The molecule has 0 spiro atoms. The van der Waals surface area contributed by atoms with Gasteiger partial charge in [-0.15, -0.1) is 5.54 Å². The van der Waals surface area contributed by atoms with Crippen LogP contribution in [0.2, 0.25) is 16.6 Å². The van der Waals surface area contributed by atoms with Gasteiger partial charge in [-0.25, -0.2) is 13.6 Å². The van der Waals surface area contributed by atoms with E-state index in [1.54, 1.807) is 24.4 Å². The molecule has 1 saturated carbocycles. The monoisotopic (exact) mass is 841 g/mol. The standard InChI is InChI=1S/C47H61F2N5O5Si/c1-28(2)60(29(3)4,30(5)6)21-20-36-39(48)19-16-31-22-35(57-27-56-10)23-37(40(31)36)42-41(49)43-38(24-50-42)44(52-45(51-43)58-34-14-12-11-13-15-34)53-25-32-17-18-33(26-53)54(32)46(55)59-47(7,8)9/h16,19,22-24,28-30,32-34H,11-15,17-18,25-27H2,1-10H3. The fraction of sp³-hybridized carbons (Fsp3) is 0.574. The molecule has 7 rings (SSSR count). The van der Waals surface area contributed by atoms with Crippen molar-refractivity contribution in [3.8, 4) is 34.5 Å². The van der Waals surface area contributed by atoms with Gasteiger partial charge in [-0.05, 0) is 99.5 Å². The summed E-state index contributed by atoms with van der Waals surface area (Å²) in [4.78, 5) is 31.8. The van der Waals surface area contributed by atoms with Crippen LogP contribution in [-0.2, 0) is 9.47 Å². The molecule has 60 heavy (non-hydrogen) atoms. The second-order valence-corrected chi connectivity index (χ2v) is 24.3. The predicted molar refractivity (Wildman–Crippen MR) is 235 cm³/mol. The number of methoxy groups -OCH3 is 1. The predicted octanol–water partition coefficient (Wildman–Crippen LogP) is 11.0. The first-order chi connectivity index (χ1) is 28.5. The first kappa shape index (κ1) is 43.5. The van der Waals surface area contributed by atoms with Crippen molar-refractivity contribution in [2.75, 3.05) is 31.9 Å². The molecule has 322 valence electrons. The molecule has 2 atom stereocenters. The number of anilines is 1. The maximum Gasteiger partial charge on any atom is 0.410 e. The minimum absolute atomic E-state index is 0.0211. The normalized spacial score (nSPS) is 18.8. The molecule has 3 fully saturated rings. The number of carbonyl (C=O) groups excluding carboxylic acids is 1. The van der Waals surface area contributed by atoms with Gasteiger partial charge in [-0.3, -0.25) is 9.88 Å². The highest BCUT2D eigenvalue weighted by molar-refractivity contribution is 6.90. The largest absolute Gasteiger partial charge is 0.468 e. The fourth-order valence-electron chi connectivity index (χ4n) is 10.1. The van der Waals surface area contributed by atoms with Crippen molar-refractivity contribution in [2.24, 2.45) is 0 Å². The van der Waals surface area contributed by atoms with E-state index in [-0.39, 0.29) is 53.9 Å². The molecule has 10 nitrogen and oxygen atoms in total. The van der Waals surface area contributed by atoms with Crippen molar-refractivity contribution >= 4 is 41.7 Å². The van der Waals surface area contributed by atoms with E-state index < -0.39 is 25.3 Å². The lowest BCUT2D eigenvalue weighted by molar-refractivity contribution is 0.0122. The summed E-state index contributed by atoms with van der Waals surface area (Å²) < 4.78 is 57.4. The molecule has 13 heteroatoms. The third-order valence-electron chi connectivity index (χ3n) is 12.8. The molecule has 0 N–H and O–H groups in total. The summed E-state index contributed by atoms with van der Waals surface area (Å²) in [5.74, 6) is 3.07. The van der Waals surface area contributed by atoms with E-state index >= 15 is 8.78 Å². The first-order valence-corrected chi connectivity index (χ1v) is 24.0. The molecule has 0 radical (unpaired) electrons. The Morgan fingerprint density at radius 1 is 0.933 bits per heavy atom. The van der Waals surface area contributed by atoms with Gasteiger partial charge in [-0.1, -0.05) is 60.0 Å². The third-order valence-corrected chi connectivity index (χ3v) is 19.1. The number of aromatic nitrogens is 3. The van der Waals surface area contributed by atoms with E-state index in [4.69, 9.17) is 33.9 Å². The van der Waals surface area contributed by atoms with Gasteiger partial charge in [0.2, 0.25) is 0 Å². The van der Waals surface area contributed by atoms with Crippen molar-refractivity contribution < 1.29 is 32.5 Å². The van der Waals surface area contributed by atoms with E-state index in [0.29, 0.717) is 63.0 Å². The van der Waals surface area contributed by atoms with Crippen LogP contribution in [0.5, 0.6) is 11.8 Å². The van der Waals surface area contributed by atoms with Crippen molar-refractivity contribution in [2.45, 2.75) is 148 Å². The molecular formula is C47H61F2N5O5Si. The molecule has 2 aromatic heterocycles. The molecule has 4 heterocycles. The number of hydrogen-bond acceptors (Lipinski definition) is 9. The van der Waals surface area contributed by atoms with Gasteiger partial charge in [0.05, 0.1) is 23.0 Å². The average molecular weight is 842 g/mol. The van der Waals surface area contributed by atoms with Crippen molar-refractivity contribution in [1.29, 1.82) is 0 Å². The summed E-state index contributed by atoms with van der Waals surface area (Å²) in [5.41, 5.74) is 4.59. The van der Waals surface area contributed by atoms with Gasteiger partial charge < -0.3 is 23.8 Å². The molecule has 1 aliphatic carbocycles. The molecular weight excluding hydrogens is 781 g/mol.